The summed E-state index contributed by atoms with van der Waals surface area (Å²) >= 11 is 7.62. The van der Waals surface area contributed by atoms with Crippen molar-refractivity contribution in [1.82, 2.24) is 9.78 Å². The lowest BCUT2D eigenvalue weighted by Gasteiger charge is -2.12. The van der Waals surface area contributed by atoms with E-state index in [1.54, 1.807) is 13.0 Å². The third-order valence-corrected chi connectivity index (χ3v) is 7.74. The monoisotopic (exact) mass is 488 g/mol. The second-order valence-corrected chi connectivity index (χ2v) is 10.6. The average Bonchev–Trinajstić information content (AvgIpc) is 3.28. The van der Waals surface area contributed by atoms with Crippen molar-refractivity contribution in [3.05, 3.63) is 74.7 Å². The van der Waals surface area contributed by atoms with E-state index in [4.69, 9.17) is 16.7 Å². The van der Waals surface area contributed by atoms with Crippen LogP contribution in [0.3, 0.4) is 0 Å². The Morgan fingerprint density at radius 1 is 1.19 bits per heavy atom. The number of anilines is 1. The zero-order chi connectivity index (χ0) is 23.2. The topological polar surface area (TPSA) is 107 Å². The number of aromatic nitrogens is 2. The maximum atomic E-state index is 13.0. The van der Waals surface area contributed by atoms with E-state index in [-0.39, 0.29) is 10.8 Å². The van der Waals surface area contributed by atoms with Crippen LogP contribution in [-0.4, -0.2) is 24.1 Å². The van der Waals surface area contributed by atoms with Crippen molar-refractivity contribution in [3.8, 4) is 0 Å². The second kappa shape index (κ2) is 8.32. The van der Waals surface area contributed by atoms with Crippen LogP contribution in [-0.2, 0) is 16.6 Å². The molecular formula is C22H21ClN4O3S2. The first-order valence-electron chi connectivity index (χ1n) is 9.70. The third-order valence-electron chi connectivity index (χ3n) is 5.33. The Morgan fingerprint density at radius 2 is 1.91 bits per heavy atom. The molecule has 166 valence electrons. The number of carbonyl (C=O) groups excluding carboxylic acids is 1. The summed E-state index contributed by atoms with van der Waals surface area (Å²) in [5.41, 5.74) is 3.64. The molecule has 0 bridgehead atoms. The Hall–Kier alpha value is -2.72. The number of hydrogen-bond acceptors (Lipinski definition) is 5. The molecule has 0 atom stereocenters. The number of fused-ring (bicyclic) bond motifs is 1. The summed E-state index contributed by atoms with van der Waals surface area (Å²) in [7, 11) is -3.89. The van der Waals surface area contributed by atoms with E-state index >= 15 is 0 Å². The smallest absolute Gasteiger partial charge is 0.265 e. The number of rotatable bonds is 5. The molecule has 0 aliphatic rings. The van der Waals surface area contributed by atoms with Gasteiger partial charge >= 0.3 is 0 Å². The van der Waals surface area contributed by atoms with Crippen LogP contribution in [0, 0.1) is 20.8 Å². The Kier molecular flexibility index (Phi) is 5.85. The van der Waals surface area contributed by atoms with Crippen molar-refractivity contribution in [2.24, 2.45) is 5.14 Å². The molecule has 0 aliphatic carbocycles. The highest BCUT2D eigenvalue weighted by molar-refractivity contribution is 7.89. The molecule has 0 saturated heterocycles. The third kappa shape index (κ3) is 4.29. The van der Waals surface area contributed by atoms with Gasteiger partial charge in [0, 0.05) is 16.1 Å². The van der Waals surface area contributed by atoms with E-state index in [9.17, 15) is 13.2 Å². The van der Waals surface area contributed by atoms with E-state index in [1.165, 1.54) is 23.5 Å². The highest BCUT2D eigenvalue weighted by atomic mass is 35.5. The van der Waals surface area contributed by atoms with Crippen LogP contribution >= 0.6 is 22.9 Å². The summed E-state index contributed by atoms with van der Waals surface area (Å²) in [5, 5.41) is 14.2. The van der Waals surface area contributed by atoms with Gasteiger partial charge in [0.25, 0.3) is 5.91 Å². The molecule has 0 spiro atoms. The van der Waals surface area contributed by atoms with Crippen molar-refractivity contribution < 1.29 is 13.2 Å². The first-order chi connectivity index (χ1) is 15.0. The van der Waals surface area contributed by atoms with Gasteiger partial charge in [0.15, 0.2) is 0 Å². The van der Waals surface area contributed by atoms with Crippen LogP contribution in [0.4, 0.5) is 5.69 Å². The largest absolute Gasteiger partial charge is 0.321 e. The van der Waals surface area contributed by atoms with E-state index in [1.807, 2.05) is 42.8 Å². The fourth-order valence-electron chi connectivity index (χ4n) is 3.42. The van der Waals surface area contributed by atoms with Gasteiger partial charge in [-0.3, -0.25) is 9.48 Å². The zero-order valence-electron chi connectivity index (χ0n) is 17.6. The van der Waals surface area contributed by atoms with Crippen molar-refractivity contribution in [2.75, 3.05) is 5.32 Å². The first kappa shape index (κ1) is 22.5. The van der Waals surface area contributed by atoms with Gasteiger partial charge in [-0.25, -0.2) is 13.6 Å². The van der Waals surface area contributed by atoms with Crippen molar-refractivity contribution in [2.45, 2.75) is 32.2 Å². The predicted molar refractivity (Wildman–Crippen MR) is 128 cm³/mol. The minimum atomic E-state index is -3.89. The van der Waals surface area contributed by atoms with E-state index in [0.29, 0.717) is 22.1 Å². The summed E-state index contributed by atoms with van der Waals surface area (Å²) in [6.07, 6.45) is 0. The highest BCUT2D eigenvalue weighted by Crippen LogP contribution is 2.31. The molecule has 2 aromatic heterocycles. The molecule has 0 saturated carbocycles. The fraction of sp³-hybridized carbons (Fsp3) is 0.182. The SMILES string of the molecule is Cc1cc(S(N)(=O)=O)cc(NC(=O)c2cc3c(C)nn(Cc4ccccc4Cl)c3s2)c1C. The minimum absolute atomic E-state index is 0.0431. The summed E-state index contributed by atoms with van der Waals surface area (Å²) in [6, 6.07) is 12.2. The minimum Gasteiger partial charge on any atom is -0.321 e. The number of carbonyl (C=O) groups is 1. The summed E-state index contributed by atoms with van der Waals surface area (Å²) < 4.78 is 25.4. The fourth-order valence-corrected chi connectivity index (χ4v) is 5.30. The highest BCUT2D eigenvalue weighted by Gasteiger charge is 2.19. The van der Waals surface area contributed by atoms with Crippen LogP contribution in [0.15, 0.2) is 47.4 Å². The number of amides is 1. The van der Waals surface area contributed by atoms with Crippen molar-refractivity contribution in [3.63, 3.8) is 0 Å². The van der Waals surface area contributed by atoms with Gasteiger partial charge in [-0.15, -0.1) is 11.3 Å². The maximum Gasteiger partial charge on any atom is 0.265 e. The van der Waals surface area contributed by atoms with Gasteiger partial charge in [0.05, 0.1) is 22.0 Å². The van der Waals surface area contributed by atoms with E-state index in [2.05, 4.69) is 10.4 Å². The summed E-state index contributed by atoms with van der Waals surface area (Å²) in [6.45, 7) is 5.96. The zero-order valence-corrected chi connectivity index (χ0v) is 20.0. The lowest BCUT2D eigenvalue weighted by Crippen LogP contribution is -2.16. The standard InChI is InChI=1S/C22H21ClN4O3S2/c1-12-8-16(32(24,29)30)9-19(13(12)2)25-21(28)20-10-17-14(3)26-27(22(17)31-20)11-15-6-4-5-7-18(15)23/h4-10H,11H2,1-3H3,(H,25,28)(H2,24,29,30). The van der Waals surface area contributed by atoms with E-state index in [0.717, 1.165) is 32.6 Å². The Labute approximate surface area is 194 Å². The van der Waals surface area contributed by atoms with Gasteiger partial charge in [0.2, 0.25) is 10.0 Å². The lowest BCUT2D eigenvalue weighted by atomic mass is 10.1. The van der Waals surface area contributed by atoms with Crippen molar-refractivity contribution >= 4 is 54.8 Å². The molecule has 7 nitrogen and oxygen atoms in total. The number of primary sulfonamides is 1. The predicted octanol–water partition coefficient (Wildman–Crippen LogP) is 4.62. The molecule has 4 rings (SSSR count). The Balaban J connectivity index is 1.67. The van der Waals surface area contributed by atoms with Crippen molar-refractivity contribution in [1.29, 1.82) is 0 Å². The van der Waals surface area contributed by atoms with Gasteiger partial charge in [-0.2, -0.15) is 5.10 Å². The number of nitrogens with two attached hydrogens (primary N) is 1. The summed E-state index contributed by atoms with van der Waals surface area (Å²) in [4.78, 5) is 14.3. The quantitative estimate of drug-likeness (QED) is 0.427. The number of nitrogens with one attached hydrogen (secondary N) is 1. The Bertz CT molecular complexity index is 1470. The first-order valence-corrected chi connectivity index (χ1v) is 12.4. The molecule has 1 amide bonds. The normalized spacial score (nSPS) is 11.8. The number of hydrogen-bond donors (Lipinski definition) is 2. The van der Waals surface area contributed by atoms with Gasteiger partial charge in [-0.1, -0.05) is 29.8 Å². The number of benzene rings is 2. The number of aryl methyl sites for hydroxylation is 2. The molecular weight excluding hydrogens is 468 g/mol. The molecule has 10 heteroatoms. The lowest BCUT2D eigenvalue weighted by molar-refractivity contribution is 0.103. The number of sulfonamides is 1. The molecule has 2 aromatic carbocycles. The van der Waals surface area contributed by atoms with Crippen LogP contribution in [0.5, 0.6) is 0 Å². The van der Waals surface area contributed by atoms with Gasteiger partial charge in [0.1, 0.15) is 4.83 Å². The molecule has 3 N–H and O–H groups in total. The van der Waals surface area contributed by atoms with Crippen LogP contribution in [0.25, 0.3) is 10.2 Å². The molecule has 0 unspecified atom stereocenters. The molecule has 32 heavy (non-hydrogen) atoms. The molecule has 0 aliphatic heterocycles. The maximum absolute atomic E-state index is 13.0. The molecule has 0 radical (unpaired) electrons. The van der Waals surface area contributed by atoms with Crippen LogP contribution < -0.4 is 10.5 Å². The Morgan fingerprint density at radius 3 is 2.59 bits per heavy atom. The number of thiophene rings is 1. The van der Waals surface area contributed by atoms with Crippen LogP contribution in [0.1, 0.15) is 32.1 Å². The second-order valence-electron chi connectivity index (χ2n) is 7.58. The van der Waals surface area contributed by atoms with Crippen LogP contribution in [0.2, 0.25) is 5.02 Å². The van der Waals surface area contributed by atoms with Gasteiger partial charge in [-0.05, 0) is 61.7 Å². The van der Waals surface area contributed by atoms with E-state index < -0.39 is 10.0 Å². The molecule has 2 heterocycles. The molecule has 4 aromatic rings. The average molecular weight is 489 g/mol. The summed E-state index contributed by atoms with van der Waals surface area (Å²) in [5.74, 6) is -0.330. The number of halogens is 1. The molecule has 0 fully saturated rings. The number of nitrogens with zero attached hydrogens (tertiary/aromatic N) is 2. The van der Waals surface area contributed by atoms with Gasteiger partial charge < -0.3 is 5.32 Å².